The molecule has 1 N–H and O–H groups in total. The minimum absolute atomic E-state index is 0.0768. The number of nitriles is 1. The second-order valence-electron chi connectivity index (χ2n) is 7.30. The number of hydrogen-bond acceptors (Lipinski definition) is 4. The number of hydrogen-bond donors (Lipinski definition) is 1. The Morgan fingerprint density at radius 3 is 2.64 bits per heavy atom. The molecule has 2 heterocycles. The van der Waals surface area contributed by atoms with E-state index in [1.54, 1.807) is 13.0 Å². The summed E-state index contributed by atoms with van der Waals surface area (Å²) in [7, 11) is 0. The molecule has 0 radical (unpaired) electrons. The molecule has 2 unspecified atom stereocenters. The number of allylic oxidation sites excluding steroid dienone is 1. The molecule has 1 aromatic heterocycles. The lowest BCUT2D eigenvalue weighted by atomic mass is 9.75. The Morgan fingerprint density at radius 2 is 2.04 bits per heavy atom. The zero-order chi connectivity index (χ0) is 20.4. The fourth-order valence-electron chi connectivity index (χ4n) is 3.64. The summed E-state index contributed by atoms with van der Waals surface area (Å²) in [5.74, 6) is -0.983. The zero-order valence-electron chi connectivity index (χ0n) is 16.3. The summed E-state index contributed by atoms with van der Waals surface area (Å²) in [6.07, 6.45) is 4.28. The summed E-state index contributed by atoms with van der Waals surface area (Å²) in [6.45, 7) is 5.77. The molecule has 0 fully saturated rings. The molecular formula is C23H23N3O2. The maximum Gasteiger partial charge on any atom is 0.315 e. The number of nitrogens with zero attached hydrogens (tertiary/aromatic N) is 3. The Bertz CT molecular complexity index is 1020. The van der Waals surface area contributed by atoms with Crippen molar-refractivity contribution >= 4 is 11.7 Å². The van der Waals surface area contributed by atoms with Gasteiger partial charge in [-0.2, -0.15) is 5.26 Å². The first-order chi connectivity index (χ1) is 13.3. The van der Waals surface area contributed by atoms with Gasteiger partial charge in [-0.05, 0) is 56.2 Å². The third-order valence-corrected chi connectivity index (χ3v) is 5.43. The second kappa shape index (κ2) is 7.40. The lowest BCUT2D eigenvalue weighted by Crippen LogP contribution is -2.34. The van der Waals surface area contributed by atoms with Gasteiger partial charge in [0.15, 0.2) is 0 Å². The van der Waals surface area contributed by atoms with Gasteiger partial charge in [0.25, 0.3) is 0 Å². The Hall–Kier alpha value is -3.26. The molecule has 1 aromatic carbocycles. The smallest absolute Gasteiger partial charge is 0.315 e. The first-order valence-electron chi connectivity index (χ1n) is 9.29. The Balaban J connectivity index is 2.06. The minimum atomic E-state index is -1.22. The van der Waals surface area contributed by atoms with Crippen LogP contribution >= 0.6 is 0 Å². The number of carboxylic acid groups (broad SMARTS) is 1. The number of benzene rings is 1. The second-order valence-corrected chi connectivity index (χ2v) is 7.30. The van der Waals surface area contributed by atoms with E-state index in [-0.39, 0.29) is 6.42 Å². The van der Waals surface area contributed by atoms with Crippen LogP contribution in [-0.2, 0) is 15.7 Å². The molecule has 0 saturated carbocycles. The molecule has 1 aliphatic heterocycles. The molecule has 0 amide bonds. The van der Waals surface area contributed by atoms with Crippen molar-refractivity contribution in [1.29, 1.82) is 5.26 Å². The van der Waals surface area contributed by atoms with E-state index in [1.165, 1.54) is 0 Å². The van der Waals surface area contributed by atoms with E-state index < -0.39 is 16.9 Å². The van der Waals surface area contributed by atoms with E-state index in [1.807, 2.05) is 68.5 Å². The van der Waals surface area contributed by atoms with Crippen LogP contribution in [0.4, 0.5) is 0 Å². The van der Waals surface area contributed by atoms with Gasteiger partial charge in [0, 0.05) is 11.3 Å². The quantitative estimate of drug-likeness (QED) is 0.799. The topological polar surface area (TPSA) is 86.3 Å². The summed E-state index contributed by atoms with van der Waals surface area (Å²) < 4.78 is 0. The zero-order valence-corrected chi connectivity index (χ0v) is 16.3. The number of carbonyl (C=O) groups is 1. The molecule has 2 aromatic rings. The summed E-state index contributed by atoms with van der Waals surface area (Å²) in [4.78, 5) is 21.5. The van der Waals surface area contributed by atoms with E-state index in [2.05, 4.69) is 4.99 Å². The van der Waals surface area contributed by atoms with Crippen LogP contribution in [0, 0.1) is 11.3 Å². The molecule has 0 aliphatic carbocycles. The van der Waals surface area contributed by atoms with E-state index in [0.717, 1.165) is 22.7 Å². The fourth-order valence-corrected chi connectivity index (χ4v) is 3.64. The highest BCUT2D eigenvalue weighted by Crippen LogP contribution is 2.35. The minimum Gasteiger partial charge on any atom is -0.481 e. The summed E-state index contributed by atoms with van der Waals surface area (Å²) >= 11 is 0. The first-order valence-corrected chi connectivity index (χ1v) is 9.29. The molecule has 5 nitrogen and oxygen atoms in total. The summed E-state index contributed by atoms with van der Waals surface area (Å²) in [6, 6.07) is 15.2. The van der Waals surface area contributed by atoms with Crippen molar-refractivity contribution in [2.45, 2.75) is 44.6 Å². The molecule has 142 valence electrons. The first kappa shape index (κ1) is 19.5. The summed E-state index contributed by atoms with van der Waals surface area (Å²) in [5, 5.41) is 19.0. The Morgan fingerprint density at radius 1 is 1.29 bits per heavy atom. The fraction of sp³-hybridized carbons (Fsp3) is 0.304. The normalized spacial score (nSPS) is 20.3. The standard InChI is InChI=1S/C23H23N3O2/c1-4-23(13-14-24,21(27)28)18-8-5-7-17(15-18)19-9-6-10-20(25-19)22(3)12-11-16(2)26-22/h5-12,15H,4,13H2,1-3H3,(H,27,28). The van der Waals surface area contributed by atoms with Gasteiger partial charge in [0.05, 0.1) is 23.9 Å². The molecule has 0 saturated heterocycles. The van der Waals surface area contributed by atoms with Crippen LogP contribution in [0.25, 0.3) is 11.3 Å². The average Bonchev–Trinajstić information content (AvgIpc) is 3.06. The third kappa shape index (κ3) is 3.34. The molecule has 28 heavy (non-hydrogen) atoms. The predicted molar refractivity (Wildman–Crippen MR) is 109 cm³/mol. The maximum absolute atomic E-state index is 12.0. The molecule has 1 aliphatic rings. The van der Waals surface area contributed by atoms with Gasteiger partial charge in [-0.15, -0.1) is 0 Å². The number of aromatic nitrogens is 1. The SMILES string of the molecule is CCC(CC#N)(C(=O)O)c1cccc(-c2cccc(C3(C)C=CC(C)=N3)n2)c1. The molecule has 3 rings (SSSR count). The van der Waals surface area contributed by atoms with Crippen LogP contribution in [0.1, 0.15) is 44.9 Å². The van der Waals surface area contributed by atoms with Crippen LogP contribution in [0.3, 0.4) is 0 Å². The Labute approximate surface area is 165 Å². The van der Waals surface area contributed by atoms with E-state index in [9.17, 15) is 15.2 Å². The van der Waals surface area contributed by atoms with E-state index >= 15 is 0 Å². The van der Waals surface area contributed by atoms with Gasteiger partial charge >= 0.3 is 5.97 Å². The van der Waals surface area contributed by atoms with Crippen molar-refractivity contribution in [3.8, 4) is 17.3 Å². The monoisotopic (exact) mass is 373 g/mol. The predicted octanol–water partition coefficient (Wildman–Crippen LogP) is 4.64. The molecule has 2 atom stereocenters. The van der Waals surface area contributed by atoms with Crippen molar-refractivity contribution in [2.24, 2.45) is 4.99 Å². The lowest BCUT2D eigenvalue weighted by Gasteiger charge is -2.26. The van der Waals surface area contributed by atoms with Crippen LogP contribution in [0.2, 0.25) is 0 Å². The van der Waals surface area contributed by atoms with Crippen molar-refractivity contribution in [2.75, 3.05) is 0 Å². The van der Waals surface area contributed by atoms with Gasteiger partial charge in [-0.3, -0.25) is 9.79 Å². The highest BCUT2D eigenvalue weighted by molar-refractivity contribution is 5.95. The largest absolute Gasteiger partial charge is 0.481 e. The van der Waals surface area contributed by atoms with Crippen molar-refractivity contribution in [3.05, 3.63) is 65.9 Å². The number of aliphatic carboxylic acids is 1. The average molecular weight is 373 g/mol. The van der Waals surface area contributed by atoms with Crippen LogP contribution in [0.15, 0.2) is 59.6 Å². The molecular weight excluding hydrogens is 350 g/mol. The molecule has 0 bridgehead atoms. The van der Waals surface area contributed by atoms with Crippen LogP contribution in [-0.4, -0.2) is 21.8 Å². The number of aliphatic imine (C=N–C) groups is 1. The van der Waals surface area contributed by atoms with E-state index in [0.29, 0.717) is 12.0 Å². The van der Waals surface area contributed by atoms with Gasteiger partial charge in [-0.25, -0.2) is 4.98 Å². The van der Waals surface area contributed by atoms with Gasteiger partial charge < -0.3 is 5.11 Å². The highest BCUT2D eigenvalue weighted by atomic mass is 16.4. The third-order valence-electron chi connectivity index (χ3n) is 5.43. The van der Waals surface area contributed by atoms with Crippen LogP contribution in [0.5, 0.6) is 0 Å². The Kier molecular flexibility index (Phi) is 5.15. The maximum atomic E-state index is 12.0. The molecule has 0 spiro atoms. The number of pyridine rings is 1. The highest BCUT2D eigenvalue weighted by Gasteiger charge is 2.39. The number of rotatable bonds is 6. The van der Waals surface area contributed by atoms with Gasteiger partial charge in [-0.1, -0.05) is 31.2 Å². The summed E-state index contributed by atoms with van der Waals surface area (Å²) in [5.41, 5.74) is 2.28. The molecule has 5 heteroatoms. The van der Waals surface area contributed by atoms with Crippen molar-refractivity contribution in [1.82, 2.24) is 4.98 Å². The van der Waals surface area contributed by atoms with Crippen LogP contribution < -0.4 is 0 Å². The number of carboxylic acids is 1. The lowest BCUT2D eigenvalue weighted by molar-refractivity contribution is -0.143. The van der Waals surface area contributed by atoms with Gasteiger partial charge in [0.1, 0.15) is 11.0 Å². The van der Waals surface area contributed by atoms with E-state index in [4.69, 9.17) is 4.98 Å². The van der Waals surface area contributed by atoms with Crippen molar-refractivity contribution in [3.63, 3.8) is 0 Å². The van der Waals surface area contributed by atoms with Crippen molar-refractivity contribution < 1.29 is 9.90 Å². The van der Waals surface area contributed by atoms with Gasteiger partial charge in [0.2, 0.25) is 0 Å².